The SMILES string of the molecule is CCC1CCCCN1Cc1cccc(CNCC(C)C)c1. The highest BCUT2D eigenvalue weighted by molar-refractivity contribution is 5.23. The molecule has 1 fully saturated rings. The Morgan fingerprint density at radius 1 is 1.24 bits per heavy atom. The number of rotatable bonds is 7. The second-order valence-electron chi connectivity index (χ2n) is 6.87. The highest BCUT2D eigenvalue weighted by Crippen LogP contribution is 2.22. The maximum absolute atomic E-state index is 3.54. The van der Waals surface area contributed by atoms with Crippen LogP contribution in [0.2, 0.25) is 0 Å². The van der Waals surface area contributed by atoms with Crippen LogP contribution in [0, 0.1) is 5.92 Å². The molecule has 1 unspecified atom stereocenters. The number of hydrogen-bond acceptors (Lipinski definition) is 2. The molecule has 0 spiro atoms. The van der Waals surface area contributed by atoms with E-state index in [1.165, 1.54) is 43.4 Å². The quantitative estimate of drug-likeness (QED) is 0.809. The summed E-state index contributed by atoms with van der Waals surface area (Å²) >= 11 is 0. The topological polar surface area (TPSA) is 15.3 Å². The van der Waals surface area contributed by atoms with Crippen LogP contribution in [-0.4, -0.2) is 24.0 Å². The molecule has 0 radical (unpaired) electrons. The molecular weight excluding hydrogens is 256 g/mol. The number of benzene rings is 1. The number of nitrogens with zero attached hydrogens (tertiary/aromatic N) is 1. The van der Waals surface area contributed by atoms with E-state index in [-0.39, 0.29) is 0 Å². The summed E-state index contributed by atoms with van der Waals surface area (Å²) in [6.45, 7) is 11.3. The number of hydrogen-bond donors (Lipinski definition) is 1. The van der Waals surface area contributed by atoms with Crippen molar-refractivity contribution >= 4 is 0 Å². The Bertz CT molecular complexity index is 414. The molecule has 1 aliphatic heterocycles. The van der Waals surface area contributed by atoms with E-state index in [0.717, 1.165) is 25.7 Å². The minimum Gasteiger partial charge on any atom is -0.312 e. The van der Waals surface area contributed by atoms with E-state index in [1.807, 2.05) is 0 Å². The van der Waals surface area contributed by atoms with Gasteiger partial charge in [-0.3, -0.25) is 4.90 Å². The molecule has 118 valence electrons. The normalized spacial score (nSPS) is 20.1. The number of likely N-dealkylation sites (tertiary alicyclic amines) is 1. The Balaban J connectivity index is 1.90. The molecule has 1 aromatic rings. The van der Waals surface area contributed by atoms with E-state index in [1.54, 1.807) is 0 Å². The zero-order chi connectivity index (χ0) is 15.1. The van der Waals surface area contributed by atoms with Gasteiger partial charge in [0.25, 0.3) is 0 Å². The van der Waals surface area contributed by atoms with Gasteiger partial charge in [0.1, 0.15) is 0 Å². The standard InChI is InChI=1S/C19H32N2/c1-4-19-10-5-6-11-21(19)15-18-9-7-8-17(12-18)14-20-13-16(2)3/h7-9,12,16,19-20H,4-6,10-11,13-15H2,1-3H3. The van der Waals surface area contributed by atoms with Gasteiger partial charge in [0.2, 0.25) is 0 Å². The molecular formula is C19H32N2. The van der Waals surface area contributed by atoms with Gasteiger partial charge in [-0.25, -0.2) is 0 Å². The summed E-state index contributed by atoms with van der Waals surface area (Å²) < 4.78 is 0. The van der Waals surface area contributed by atoms with Crippen LogP contribution >= 0.6 is 0 Å². The first-order valence-corrected chi connectivity index (χ1v) is 8.71. The second kappa shape index (κ2) is 8.55. The lowest BCUT2D eigenvalue weighted by Gasteiger charge is -2.35. The third-order valence-electron chi connectivity index (χ3n) is 4.48. The van der Waals surface area contributed by atoms with Crippen LogP contribution in [0.4, 0.5) is 0 Å². The number of nitrogens with one attached hydrogen (secondary N) is 1. The lowest BCUT2D eigenvalue weighted by atomic mass is 9.99. The van der Waals surface area contributed by atoms with Gasteiger partial charge in [0.15, 0.2) is 0 Å². The van der Waals surface area contributed by atoms with E-state index in [9.17, 15) is 0 Å². The zero-order valence-corrected chi connectivity index (χ0v) is 14.1. The molecule has 1 atom stereocenters. The average molecular weight is 288 g/mol. The molecule has 1 aromatic carbocycles. The third kappa shape index (κ3) is 5.44. The fraction of sp³-hybridized carbons (Fsp3) is 0.684. The molecule has 21 heavy (non-hydrogen) atoms. The molecule has 0 aliphatic carbocycles. The van der Waals surface area contributed by atoms with Crippen LogP contribution in [0.1, 0.15) is 57.6 Å². The number of piperidine rings is 1. The summed E-state index contributed by atoms with van der Waals surface area (Å²) in [6.07, 6.45) is 5.45. The van der Waals surface area contributed by atoms with Gasteiger partial charge >= 0.3 is 0 Å². The summed E-state index contributed by atoms with van der Waals surface area (Å²) in [5.74, 6) is 0.715. The van der Waals surface area contributed by atoms with Crippen LogP contribution in [-0.2, 0) is 13.1 Å². The van der Waals surface area contributed by atoms with Gasteiger partial charge in [0.05, 0.1) is 0 Å². The molecule has 0 saturated carbocycles. The lowest BCUT2D eigenvalue weighted by molar-refractivity contribution is 0.136. The van der Waals surface area contributed by atoms with Crippen molar-refractivity contribution in [3.63, 3.8) is 0 Å². The Hall–Kier alpha value is -0.860. The molecule has 1 heterocycles. The van der Waals surface area contributed by atoms with Crippen LogP contribution < -0.4 is 5.32 Å². The van der Waals surface area contributed by atoms with Crippen molar-refractivity contribution in [3.8, 4) is 0 Å². The first-order valence-electron chi connectivity index (χ1n) is 8.71. The van der Waals surface area contributed by atoms with Gasteiger partial charge < -0.3 is 5.32 Å². The molecule has 0 aromatic heterocycles. The Morgan fingerprint density at radius 2 is 2.05 bits per heavy atom. The Morgan fingerprint density at radius 3 is 2.81 bits per heavy atom. The molecule has 2 heteroatoms. The molecule has 1 aliphatic rings. The van der Waals surface area contributed by atoms with E-state index in [4.69, 9.17) is 0 Å². The molecule has 0 amide bonds. The predicted molar refractivity (Wildman–Crippen MR) is 91.3 cm³/mol. The average Bonchev–Trinajstić information content (AvgIpc) is 2.48. The summed E-state index contributed by atoms with van der Waals surface area (Å²) in [7, 11) is 0. The van der Waals surface area contributed by atoms with Crippen molar-refractivity contribution in [1.29, 1.82) is 0 Å². The minimum atomic E-state index is 0.715. The summed E-state index contributed by atoms with van der Waals surface area (Å²) in [4.78, 5) is 2.68. The molecule has 1 N–H and O–H groups in total. The van der Waals surface area contributed by atoms with Crippen LogP contribution in [0.25, 0.3) is 0 Å². The lowest BCUT2D eigenvalue weighted by Crippen LogP contribution is -2.38. The second-order valence-corrected chi connectivity index (χ2v) is 6.87. The van der Waals surface area contributed by atoms with Crippen LogP contribution in [0.3, 0.4) is 0 Å². The Kier molecular flexibility index (Phi) is 6.72. The van der Waals surface area contributed by atoms with Crippen molar-refractivity contribution in [3.05, 3.63) is 35.4 Å². The van der Waals surface area contributed by atoms with E-state index >= 15 is 0 Å². The van der Waals surface area contributed by atoms with Crippen molar-refractivity contribution in [1.82, 2.24) is 10.2 Å². The monoisotopic (exact) mass is 288 g/mol. The van der Waals surface area contributed by atoms with Crippen molar-refractivity contribution in [2.75, 3.05) is 13.1 Å². The highest BCUT2D eigenvalue weighted by Gasteiger charge is 2.20. The largest absolute Gasteiger partial charge is 0.312 e. The van der Waals surface area contributed by atoms with Crippen LogP contribution in [0.5, 0.6) is 0 Å². The van der Waals surface area contributed by atoms with Crippen molar-refractivity contribution < 1.29 is 0 Å². The zero-order valence-electron chi connectivity index (χ0n) is 14.1. The summed E-state index contributed by atoms with van der Waals surface area (Å²) in [6, 6.07) is 9.92. The maximum Gasteiger partial charge on any atom is 0.0236 e. The highest BCUT2D eigenvalue weighted by atomic mass is 15.2. The fourth-order valence-electron chi connectivity index (χ4n) is 3.31. The Labute approximate surface area is 130 Å². The smallest absolute Gasteiger partial charge is 0.0236 e. The van der Waals surface area contributed by atoms with Crippen molar-refractivity contribution in [2.24, 2.45) is 5.92 Å². The first-order chi connectivity index (χ1) is 10.2. The fourth-order valence-corrected chi connectivity index (χ4v) is 3.31. The maximum atomic E-state index is 3.54. The van der Waals surface area contributed by atoms with Gasteiger partial charge in [-0.05, 0) is 49.4 Å². The van der Waals surface area contributed by atoms with E-state index in [0.29, 0.717) is 5.92 Å². The van der Waals surface area contributed by atoms with E-state index in [2.05, 4.69) is 55.3 Å². The van der Waals surface area contributed by atoms with Gasteiger partial charge in [-0.2, -0.15) is 0 Å². The molecule has 2 rings (SSSR count). The first kappa shape index (κ1) is 16.5. The summed E-state index contributed by atoms with van der Waals surface area (Å²) in [5.41, 5.74) is 2.89. The predicted octanol–water partition coefficient (Wildman–Crippen LogP) is 4.20. The summed E-state index contributed by atoms with van der Waals surface area (Å²) in [5, 5.41) is 3.54. The van der Waals surface area contributed by atoms with Crippen LogP contribution in [0.15, 0.2) is 24.3 Å². The van der Waals surface area contributed by atoms with Gasteiger partial charge in [-0.15, -0.1) is 0 Å². The molecule has 2 nitrogen and oxygen atoms in total. The van der Waals surface area contributed by atoms with E-state index < -0.39 is 0 Å². The molecule has 1 saturated heterocycles. The van der Waals surface area contributed by atoms with Gasteiger partial charge in [-0.1, -0.05) is 51.5 Å². The van der Waals surface area contributed by atoms with Gasteiger partial charge in [0, 0.05) is 19.1 Å². The van der Waals surface area contributed by atoms with Crippen molar-refractivity contribution in [2.45, 2.75) is 65.6 Å². The molecule has 0 bridgehead atoms. The third-order valence-corrected chi connectivity index (χ3v) is 4.48. The minimum absolute atomic E-state index is 0.715.